The van der Waals surface area contributed by atoms with Crippen LogP contribution >= 0.6 is 0 Å². The first-order chi connectivity index (χ1) is 6.13. The largest absolute Gasteiger partial charge is 0.111 e. The molecule has 1 unspecified atom stereocenters. The molecular weight excluding hydrogens is 155 g/mol. The highest BCUT2D eigenvalue weighted by Gasteiger charge is 2.04. The molecule has 0 aliphatic carbocycles. The van der Waals surface area contributed by atoms with E-state index in [1.165, 1.54) is 29.5 Å². The molecule has 0 spiro atoms. The molecule has 0 amide bonds. The van der Waals surface area contributed by atoms with Crippen LogP contribution < -0.4 is 0 Å². The number of benzene rings is 1. The first-order valence-electron chi connectivity index (χ1n) is 5.21. The van der Waals surface area contributed by atoms with E-state index in [0.717, 1.165) is 0 Å². The van der Waals surface area contributed by atoms with Gasteiger partial charge in [0.05, 0.1) is 0 Å². The number of hydrogen-bond donors (Lipinski definition) is 0. The molecular formula is C12H19B. The topological polar surface area (TPSA) is 0 Å². The van der Waals surface area contributed by atoms with Gasteiger partial charge in [-0.2, -0.15) is 0 Å². The highest BCUT2D eigenvalue weighted by molar-refractivity contribution is 6.12. The average Bonchev–Trinajstić information content (AvgIpc) is 2.03. The summed E-state index contributed by atoms with van der Waals surface area (Å²) in [6.07, 6.45) is 2.57. The van der Waals surface area contributed by atoms with Crippen LogP contribution in [0.4, 0.5) is 0 Å². The van der Waals surface area contributed by atoms with E-state index >= 15 is 0 Å². The molecule has 0 saturated carbocycles. The summed E-state index contributed by atoms with van der Waals surface area (Å²) in [6, 6.07) is 6.86. The van der Waals surface area contributed by atoms with Crippen molar-refractivity contribution in [2.24, 2.45) is 0 Å². The van der Waals surface area contributed by atoms with Gasteiger partial charge in [0.15, 0.2) is 0 Å². The van der Waals surface area contributed by atoms with Crippen molar-refractivity contribution >= 4 is 7.85 Å². The molecule has 0 fully saturated rings. The zero-order chi connectivity index (χ0) is 9.84. The van der Waals surface area contributed by atoms with Gasteiger partial charge in [-0.15, -0.1) is 0 Å². The van der Waals surface area contributed by atoms with Crippen LogP contribution in [0.2, 0.25) is 0 Å². The molecule has 13 heavy (non-hydrogen) atoms. The van der Waals surface area contributed by atoms with Gasteiger partial charge >= 0.3 is 0 Å². The Morgan fingerprint density at radius 1 is 1.15 bits per heavy atom. The van der Waals surface area contributed by atoms with Gasteiger partial charge in [-0.05, 0) is 19.7 Å². The fourth-order valence-corrected chi connectivity index (χ4v) is 1.89. The van der Waals surface area contributed by atoms with Crippen LogP contribution in [0.5, 0.6) is 0 Å². The van der Waals surface area contributed by atoms with E-state index in [2.05, 4.69) is 46.8 Å². The third-order valence-electron chi connectivity index (χ3n) is 2.53. The Morgan fingerprint density at radius 2 is 1.69 bits per heavy atom. The molecule has 0 bridgehead atoms. The van der Waals surface area contributed by atoms with E-state index < -0.39 is 0 Å². The fraction of sp³-hybridized carbons (Fsp3) is 0.500. The molecule has 0 aliphatic rings. The third kappa shape index (κ3) is 2.91. The molecule has 0 aromatic heterocycles. The maximum atomic E-state index is 2.32. The molecule has 0 radical (unpaired) electrons. The van der Waals surface area contributed by atoms with Gasteiger partial charge in [0.2, 0.25) is 0 Å². The lowest BCUT2D eigenvalue weighted by atomic mass is 9.77. The van der Waals surface area contributed by atoms with Crippen LogP contribution in [0.1, 0.15) is 42.3 Å². The number of rotatable bonds is 3. The maximum absolute atomic E-state index is 2.32. The summed E-state index contributed by atoms with van der Waals surface area (Å²) in [6.45, 7) is 6.60. The van der Waals surface area contributed by atoms with Crippen LogP contribution in [-0.4, -0.2) is 7.85 Å². The highest BCUT2D eigenvalue weighted by Crippen LogP contribution is 2.20. The molecule has 0 heterocycles. The predicted molar refractivity (Wildman–Crippen MR) is 62.1 cm³/mol. The van der Waals surface area contributed by atoms with E-state index in [4.69, 9.17) is 0 Å². The smallest absolute Gasteiger partial charge is 0.0654 e. The predicted octanol–water partition coefficient (Wildman–Crippen LogP) is 2.78. The molecule has 0 N–H and O–H groups in total. The summed E-state index contributed by atoms with van der Waals surface area (Å²) in [5, 5.41) is 0. The summed E-state index contributed by atoms with van der Waals surface area (Å²) in [7, 11) is 2.32. The number of aryl methyl sites for hydroxylation is 2. The summed E-state index contributed by atoms with van der Waals surface area (Å²) in [5.74, 6) is 0.712. The van der Waals surface area contributed by atoms with Crippen LogP contribution in [0.3, 0.4) is 0 Å². The Kier molecular flexibility index (Phi) is 3.59. The van der Waals surface area contributed by atoms with Gasteiger partial charge in [-0.25, -0.2) is 0 Å². The van der Waals surface area contributed by atoms with Gasteiger partial charge in [-0.3, -0.25) is 0 Å². The van der Waals surface area contributed by atoms with Crippen LogP contribution in [0.25, 0.3) is 0 Å². The van der Waals surface area contributed by atoms with Crippen molar-refractivity contribution in [3.63, 3.8) is 0 Å². The van der Waals surface area contributed by atoms with E-state index in [1.54, 1.807) is 0 Å². The minimum atomic E-state index is 0.712. The van der Waals surface area contributed by atoms with Crippen LogP contribution in [-0.2, 0) is 0 Å². The summed E-state index contributed by atoms with van der Waals surface area (Å²) in [5.41, 5.74) is 4.27. The Morgan fingerprint density at radius 3 is 2.15 bits per heavy atom. The van der Waals surface area contributed by atoms with Gasteiger partial charge in [0, 0.05) is 0 Å². The SMILES string of the molecule is BC(CCC)c1cc(C)cc(C)c1. The molecule has 0 saturated heterocycles. The Bertz CT molecular complexity index is 258. The van der Waals surface area contributed by atoms with Crippen molar-refractivity contribution < 1.29 is 0 Å². The zero-order valence-corrected chi connectivity index (χ0v) is 9.22. The first kappa shape index (κ1) is 10.4. The minimum Gasteiger partial charge on any atom is -0.0654 e. The minimum absolute atomic E-state index is 0.712. The quantitative estimate of drug-likeness (QED) is 0.618. The molecule has 1 aromatic rings. The van der Waals surface area contributed by atoms with Gasteiger partial charge in [-0.1, -0.05) is 54.7 Å². The third-order valence-corrected chi connectivity index (χ3v) is 2.53. The van der Waals surface area contributed by atoms with E-state index in [9.17, 15) is 0 Å². The molecule has 1 atom stereocenters. The van der Waals surface area contributed by atoms with Crippen LogP contribution in [0, 0.1) is 13.8 Å². The van der Waals surface area contributed by atoms with Crippen molar-refractivity contribution in [3.8, 4) is 0 Å². The standard InChI is InChI=1S/C12H19B/c1-4-5-12(13)11-7-9(2)6-10(3)8-11/h6-8,12H,4-5,13H2,1-3H3. The molecule has 1 rings (SSSR count). The van der Waals surface area contributed by atoms with Crippen molar-refractivity contribution in [1.82, 2.24) is 0 Å². The first-order valence-corrected chi connectivity index (χ1v) is 5.21. The monoisotopic (exact) mass is 174 g/mol. The molecule has 1 heteroatoms. The second-order valence-electron chi connectivity index (χ2n) is 4.11. The van der Waals surface area contributed by atoms with Crippen molar-refractivity contribution in [2.45, 2.75) is 39.4 Å². The van der Waals surface area contributed by atoms with Crippen molar-refractivity contribution in [1.29, 1.82) is 0 Å². The summed E-state index contributed by atoms with van der Waals surface area (Å²) >= 11 is 0. The van der Waals surface area contributed by atoms with E-state index in [-0.39, 0.29) is 0 Å². The Labute approximate surface area is 82.8 Å². The van der Waals surface area contributed by atoms with Gasteiger partial charge in [0.25, 0.3) is 0 Å². The summed E-state index contributed by atoms with van der Waals surface area (Å²) in [4.78, 5) is 0. The molecule has 1 aromatic carbocycles. The lowest BCUT2D eigenvalue weighted by Crippen LogP contribution is -1.98. The Balaban J connectivity index is 2.87. The lowest BCUT2D eigenvalue weighted by molar-refractivity contribution is 0.768. The van der Waals surface area contributed by atoms with Crippen LogP contribution in [0.15, 0.2) is 18.2 Å². The fourth-order valence-electron chi connectivity index (χ4n) is 1.89. The zero-order valence-electron chi connectivity index (χ0n) is 9.22. The highest BCUT2D eigenvalue weighted by atomic mass is 14.1. The average molecular weight is 174 g/mol. The molecule has 0 nitrogen and oxygen atoms in total. The maximum Gasteiger partial charge on any atom is 0.111 e. The molecule has 70 valence electrons. The van der Waals surface area contributed by atoms with E-state index in [1.807, 2.05) is 0 Å². The van der Waals surface area contributed by atoms with Gasteiger partial charge < -0.3 is 0 Å². The number of hydrogen-bond acceptors (Lipinski definition) is 0. The normalized spacial score (nSPS) is 12.8. The Hall–Kier alpha value is -0.715. The van der Waals surface area contributed by atoms with Crippen molar-refractivity contribution in [3.05, 3.63) is 34.9 Å². The second-order valence-corrected chi connectivity index (χ2v) is 4.11. The summed E-state index contributed by atoms with van der Waals surface area (Å²) < 4.78 is 0. The second kappa shape index (κ2) is 4.50. The van der Waals surface area contributed by atoms with Crippen molar-refractivity contribution in [2.75, 3.05) is 0 Å². The lowest BCUT2D eigenvalue weighted by Gasteiger charge is -2.12. The molecule has 0 aliphatic heterocycles. The van der Waals surface area contributed by atoms with E-state index in [0.29, 0.717) is 5.82 Å². The van der Waals surface area contributed by atoms with Gasteiger partial charge in [0.1, 0.15) is 7.85 Å².